The molecule has 0 fully saturated rings. The number of benzene rings is 1. The summed E-state index contributed by atoms with van der Waals surface area (Å²) >= 11 is 0. The van der Waals surface area contributed by atoms with Crippen LogP contribution in [0, 0.1) is 5.82 Å². The molecule has 0 amide bonds. The van der Waals surface area contributed by atoms with Crippen LogP contribution in [0.15, 0.2) is 18.2 Å². The Labute approximate surface area is 114 Å². The van der Waals surface area contributed by atoms with Gasteiger partial charge in [-0.3, -0.25) is 0 Å². The summed E-state index contributed by atoms with van der Waals surface area (Å²) in [7, 11) is 1.45. The zero-order valence-electron chi connectivity index (χ0n) is 12.2. The van der Waals surface area contributed by atoms with Gasteiger partial charge >= 0.3 is 0 Å². The molecule has 108 valence electrons. The molecule has 3 nitrogen and oxygen atoms in total. The maximum absolute atomic E-state index is 13.6. The van der Waals surface area contributed by atoms with Gasteiger partial charge in [-0.25, -0.2) is 4.39 Å². The van der Waals surface area contributed by atoms with Crippen molar-refractivity contribution in [1.82, 2.24) is 5.32 Å². The number of hydrogen-bond donors (Lipinski definition) is 2. The number of aliphatic hydroxyl groups is 1. The van der Waals surface area contributed by atoms with Crippen LogP contribution in [0.25, 0.3) is 0 Å². The topological polar surface area (TPSA) is 41.5 Å². The Hall–Kier alpha value is -1.13. The quantitative estimate of drug-likeness (QED) is 0.799. The largest absolute Gasteiger partial charge is 0.494 e. The Morgan fingerprint density at radius 1 is 1.37 bits per heavy atom. The van der Waals surface area contributed by atoms with Gasteiger partial charge in [-0.2, -0.15) is 0 Å². The van der Waals surface area contributed by atoms with Crippen molar-refractivity contribution < 1.29 is 14.2 Å². The summed E-state index contributed by atoms with van der Waals surface area (Å²) in [5, 5.41) is 13.5. The van der Waals surface area contributed by atoms with Gasteiger partial charge in [-0.15, -0.1) is 0 Å². The van der Waals surface area contributed by atoms with E-state index in [1.807, 2.05) is 26.8 Å². The summed E-state index contributed by atoms with van der Waals surface area (Å²) in [6.07, 6.45) is 1.39. The van der Waals surface area contributed by atoms with Crippen molar-refractivity contribution in [2.45, 2.75) is 45.3 Å². The lowest BCUT2D eigenvalue weighted by atomic mass is 9.96. The van der Waals surface area contributed by atoms with Crippen LogP contribution in [-0.2, 0) is 0 Å². The summed E-state index contributed by atoms with van der Waals surface area (Å²) in [4.78, 5) is 0. The highest BCUT2D eigenvalue weighted by molar-refractivity contribution is 5.30. The first kappa shape index (κ1) is 15.9. The molecule has 0 radical (unpaired) electrons. The second kappa shape index (κ2) is 6.87. The van der Waals surface area contributed by atoms with Gasteiger partial charge < -0.3 is 15.2 Å². The molecule has 0 spiro atoms. The first-order chi connectivity index (χ1) is 8.95. The van der Waals surface area contributed by atoms with Crippen LogP contribution in [0.5, 0.6) is 5.75 Å². The molecule has 19 heavy (non-hydrogen) atoms. The Morgan fingerprint density at radius 3 is 2.47 bits per heavy atom. The van der Waals surface area contributed by atoms with Crippen LogP contribution < -0.4 is 10.1 Å². The van der Waals surface area contributed by atoms with Gasteiger partial charge in [0.25, 0.3) is 0 Å². The summed E-state index contributed by atoms with van der Waals surface area (Å²) in [5.41, 5.74) is 0.145. The maximum Gasteiger partial charge on any atom is 0.165 e. The minimum atomic E-state index is -0.695. The van der Waals surface area contributed by atoms with Crippen molar-refractivity contribution in [3.63, 3.8) is 0 Å². The maximum atomic E-state index is 13.6. The first-order valence-electron chi connectivity index (χ1n) is 6.75. The number of methoxy groups -OCH3 is 1. The fourth-order valence-electron chi connectivity index (χ4n) is 1.91. The van der Waals surface area contributed by atoms with Gasteiger partial charge in [0.05, 0.1) is 12.7 Å². The van der Waals surface area contributed by atoms with E-state index in [2.05, 4.69) is 5.32 Å². The number of nitrogens with one attached hydrogen (secondary N) is 1. The first-order valence-corrected chi connectivity index (χ1v) is 6.75. The van der Waals surface area contributed by atoms with Crippen LogP contribution in [0.1, 0.15) is 45.2 Å². The highest BCUT2D eigenvalue weighted by Crippen LogP contribution is 2.22. The van der Waals surface area contributed by atoms with E-state index in [0.717, 1.165) is 5.56 Å². The molecule has 0 saturated carbocycles. The fraction of sp³-hybridized carbons (Fsp3) is 0.600. The monoisotopic (exact) mass is 269 g/mol. The van der Waals surface area contributed by atoms with Gasteiger partial charge in [-0.1, -0.05) is 19.9 Å². The summed E-state index contributed by atoms with van der Waals surface area (Å²) in [5.74, 6) is -0.121. The molecule has 0 saturated heterocycles. The van der Waals surface area contributed by atoms with Crippen LogP contribution >= 0.6 is 0 Å². The number of halogens is 1. The third kappa shape index (κ3) is 4.18. The van der Waals surface area contributed by atoms with E-state index in [0.29, 0.717) is 19.4 Å². The average Bonchev–Trinajstić information content (AvgIpc) is 2.44. The third-order valence-electron chi connectivity index (χ3n) is 3.73. The molecule has 0 aliphatic rings. The highest BCUT2D eigenvalue weighted by Gasteiger charge is 2.22. The Balaban J connectivity index is 2.68. The van der Waals surface area contributed by atoms with E-state index < -0.39 is 5.60 Å². The SMILES string of the molecule is CCC(O)(CC)CNC(C)c1ccc(OC)c(F)c1. The fourth-order valence-corrected chi connectivity index (χ4v) is 1.91. The summed E-state index contributed by atoms with van der Waals surface area (Å²) in [6.45, 7) is 6.37. The van der Waals surface area contributed by atoms with Gasteiger partial charge in [0.15, 0.2) is 11.6 Å². The van der Waals surface area contributed by atoms with Crippen molar-refractivity contribution in [2.24, 2.45) is 0 Å². The second-order valence-corrected chi connectivity index (χ2v) is 4.93. The molecule has 0 aliphatic heterocycles. The standard InChI is InChI=1S/C15H24FNO2/c1-5-15(18,6-2)10-17-11(3)12-7-8-14(19-4)13(16)9-12/h7-9,11,17-18H,5-6,10H2,1-4H3. The third-order valence-corrected chi connectivity index (χ3v) is 3.73. The molecule has 1 aromatic carbocycles. The summed E-state index contributed by atoms with van der Waals surface area (Å²) < 4.78 is 18.5. The molecule has 1 atom stereocenters. The Morgan fingerprint density at radius 2 is 2.00 bits per heavy atom. The van der Waals surface area contributed by atoms with Crippen LogP contribution in [-0.4, -0.2) is 24.4 Å². The smallest absolute Gasteiger partial charge is 0.165 e. The Kier molecular flexibility index (Phi) is 5.76. The van der Waals surface area contributed by atoms with Crippen molar-refractivity contribution >= 4 is 0 Å². The summed E-state index contributed by atoms with van der Waals surface area (Å²) in [6, 6.07) is 4.89. The normalized spacial score (nSPS) is 13.4. The Bertz CT molecular complexity index is 405. The van der Waals surface area contributed by atoms with Crippen LogP contribution in [0.4, 0.5) is 4.39 Å². The van der Waals surface area contributed by atoms with E-state index in [9.17, 15) is 9.50 Å². The number of rotatable bonds is 7. The van der Waals surface area contributed by atoms with Crippen molar-refractivity contribution in [1.29, 1.82) is 0 Å². The lowest BCUT2D eigenvalue weighted by molar-refractivity contribution is 0.0303. The van der Waals surface area contributed by atoms with E-state index in [1.54, 1.807) is 6.07 Å². The lowest BCUT2D eigenvalue weighted by Gasteiger charge is -2.27. The predicted octanol–water partition coefficient (Wildman–Crippen LogP) is 3.04. The van der Waals surface area contributed by atoms with E-state index in [-0.39, 0.29) is 17.6 Å². The van der Waals surface area contributed by atoms with Crippen molar-refractivity contribution in [3.05, 3.63) is 29.6 Å². The van der Waals surface area contributed by atoms with Gasteiger partial charge in [-0.05, 0) is 37.5 Å². The van der Waals surface area contributed by atoms with E-state index in [4.69, 9.17) is 4.74 Å². The molecule has 0 aliphatic carbocycles. The minimum absolute atomic E-state index is 0.0231. The van der Waals surface area contributed by atoms with Gasteiger partial charge in [0.1, 0.15) is 0 Å². The van der Waals surface area contributed by atoms with Crippen molar-refractivity contribution in [3.8, 4) is 5.75 Å². The average molecular weight is 269 g/mol. The molecule has 1 rings (SSSR count). The molecule has 0 bridgehead atoms. The van der Waals surface area contributed by atoms with Crippen LogP contribution in [0.2, 0.25) is 0 Å². The zero-order valence-corrected chi connectivity index (χ0v) is 12.2. The molecule has 1 aromatic rings. The molecule has 0 heterocycles. The lowest BCUT2D eigenvalue weighted by Crippen LogP contribution is -2.40. The zero-order chi connectivity index (χ0) is 14.5. The minimum Gasteiger partial charge on any atom is -0.494 e. The predicted molar refractivity (Wildman–Crippen MR) is 74.9 cm³/mol. The molecular weight excluding hydrogens is 245 g/mol. The molecule has 1 unspecified atom stereocenters. The molecule has 4 heteroatoms. The number of hydrogen-bond acceptors (Lipinski definition) is 3. The molecule has 2 N–H and O–H groups in total. The molecule has 0 aromatic heterocycles. The number of ether oxygens (including phenoxy) is 1. The highest BCUT2D eigenvalue weighted by atomic mass is 19.1. The second-order valence-electron chi connectivity index (χ2n) is 4.93. The van der Waals surface area contributed by atoms with Gasteiger partial charge in [0.2, 0.25) is 0 Å². The van der Waals surface area contributed by atoms with E-state index in [1.165, 1.54) is 13.2 Å². The van der Waals surface area contributed by atoms with E-state index >= 15 is 0 Å². The molecular formula is C15H24FNO2. The van der Waals surface area contributed by atoms with Crippen molar-refractivity contribution in [2.75, 3.05) is 13.7 Å². The van der Waals surface area contributed by atoms with Crippen LogP contribution in [0.3, 0.4) is 0 Å². The van der Waals surface area contributed by atoms with Gasteiger partial charge in [0, 0.05) is 12.6 Å².